The summed E-state index contributed by atoms with van der Waals surface area (Å²) in [6.07, 6.45) is 3.16. The van der Waals surface area contributed by atoms with Gasteiger partial charge < -0.3 is 9.64 Å². The minimum atomic E-state index is -3.45. The Hall–Kier alpha value is -3.82. The molecule has 4 aliphatic heterocycles. The second kappa shape index (κ2) is 13.9. The Labute approximate surface area is 333 Å². The number of anilines is 1. The van der Waals surface area contributed by atoms with Crippen LogP contribution < -0.4 is 9.64 Å². The summed E-state index contributed by atoms with van der Waals surface area (Å²) in [5.74, 6) is -1.10. The molecule has 0 radical (unpaired) electrons. The third kappa shape index (κ3) is 6.06. The largest absolute Gasteiger partial charge is 0.461 e. The highest BCUT2D eigenvalue weighted by Gasteiger charge is 2.53. The van der Waals surface area contributed by atoms with Gasteiger partial charge in [-0.3, -0.25) is 4.90 Å². The molecule has 2 aromatic carbocycles. The molecule has 4 fully saturated rings. The minimum absolute atomic E-state index is 0.0360. The number of benzene rings is 2. The molecule has 2 aromatic heterocycles. The number of fused-ring (bicyclic) bond motifs is 7. The molecule has 3 saturated heterocycles. The number of hydrogen-bond donors (Lipinski definition) is 0. The van der Waals surface area contributed by atoms with Crippen molar-refractivity contribution in [2.75, 3.05) is 31.1 Å². The van der Waals surface area contributed by atoms with Gasteiger partial charge in [0.1, 0.15) is 49.4 Å². The molecular formula is C45H52F5N5OSi. The van der Waals surface area contributed by atoms with E-state index in [0.717, 1.165) is 38.6 Å². The molecule has 302 valence electrons. The number of aromatic nitrogens is 3. The van der Waals surface area contributed by atoms with Gasteiger partial charge in [0.25, 0.3) is 5.92 Å². The first-order chi connectivity index (χ1) is 27.1. The average Bonchev–Trinajstić information content (AvgIpc) is 3.82. The van der Waals surface area contributed by atoms with Crippen molar-refractivity contribution in [3.63, 3.8) is 0 Å². The molecule has 2 bridgehead atoms. The molecule has 1 aliphatic carbocycles. The van der Waals surface area contributed by atoms with E-state index >= 15 is 17.6 Å². The monoisotopic (exact) mass is 801 g/mol. The first-order valence-electron chi connectivity index (χ1n) is 21.0. The van der Waals surface area contributed by atoms with Crippen molar-refractivity contribution in [1.29, 1.82) is 0 Å². The summed E-state index contributed by atoms with van der Waals surface area (Å²) in [6.45, 7) is 14.8. The Bertz CT molecular complexity index is 2300. The fraction of sp³-hybridized carbons (Fsp3) is 0.578. The van der Waals surface area contributed by atoms with Crippen molar-refractivity contribution >= 4 is 35.6 Å². The Balaban J connectivity index is 1.27. The average molecular weight is 802 g/mol. The summed E-state index contributed by atoms with van der Waals surface area (Å²) in [5, 5.41) is 0.796. The van der Waals surface area contributed by atoms with Crippen molar-refractivity contribution in [3.8, 4) is 28.7 Å². The Morgan fingerprint density at radius 3 is 2.46 bits per heavy atom. The molecule has 1 saturated carbocycles. The van der Waals surface area contributed by atoms with Crippen LogP contribution in [0, 0.1) is 34.9 Å². The van der Waals surface area contributed by atoms with Crippen LogP contribution in [0.5, 0.6) is 6.01 Å². The molecule has 0 amide bonds. The van der Waals surface area contributed by atoms with Crippen LogP contribution in [0.1, 0.15) is 97.7 Å². The number of halogens is 5. The van der Waals surface area contributed by atoms with Crippen LogP contribution in [0.25, 0.3) is 32.9 Å². The van der Waals surface area contributed by atoms with E-state index in [1.807, 2.05) is 4.90 Å². The van der Waals surface area contributed by atoms with E-state index in [0.29, 0.717) is 36.2 Å². The summed E-state index contributed by atoms with van der Waals surface area (Å²) >= 11 is 0. The van der Waals surface area contributed by atoms with Crippen LogP contribution in [0.15, 0.2) is 30.3 Å². The predicted octanol–water partition coefficient (Wildman–Crippen LogP) is 10.7. The molecule has 6 heterocycles. The smallest absolute Gasteiger partial charge is 0.319 e. The summed E-state index contributed by atoms with van der Waals surface area (Å²) in [6, 6.07) is 7.41. The fourth-order valence-corrected chi connectivity index (χ4v) is 17.2. The highest BCUT2D eigenvalue weighted by atomic mass is 28.3. The van der Waals surface area contributed by atoms with E-state index in [-0.39, 0.29) is 68.7 Å². The van der Waals surface area contributed by atoms with E-state index in [1.165, 1.54) is 6.07 Å². The van der Waals surface area contributed by atoms with Gasteiger partial charge in [0.2, 0.25) is 0 Å². The van der Waals surface area contributed by atoms with Crippen molar-refractivity contribution < 1.29 is 26.7 Å². The molecule has 6 nitrogen and oxygen atoms in total. The second-order valence-corrected chi connectivity index (χ2v) is 24.2. The molecule has 0 N–H and O–H groups in total. The van der Waals surface area contributed by atoms with E-state index in [9.17, 15) is 4.39 Å². The molecule has 9 rings (SSSR count). The summed E-state index contributed by atoms with van der Waals surface area (Å²) in [4.78, 5) is 18.0. The van der Waals surface area contributed by atoms with Gasteiger partial charge in [-0.15, -0.1) is 5.54 Å². The number of nitrogens with zero attached hydrogens (tertiary/aromatic N) is 5. The SMILES string of the molecule is CC(C)[Si](C#Cc1c(F)ccc2cccc(-c3nc4c5c(nc(OC[C@@]67CCCN6C[C@H](F)C7)nc5c3F)N3C[C@H]5CC[C@H](C5)[C@H]3CC4(F)F)c12)(C(C)C)C(C)C. The highest BCUT2D eigenvalue weighted by Crippen LogP contribution is 2.53. The lowest BCUT2D eigenvalue weighted by Crippen LogP contribution is -2.47. The topological polar surface area (TPSA) is 54.4 Å². The fourth-order valence-electron chi connectivity index (χ4n) is 12.0. The van der Waals surface area contributed by atoms with Gasteiger partial charge in [-0.25, -0.2) is 18.2 Å². The van der Waals surface area contributed by atoms with Crippen LogP contribution in [0.2, 0.25) is 16.6 Å². The molecule has 0 unspecified atom stereocenters. The lowest BCUT2D eigenvalue weighted by molar-refractivity contribution is -0.0281. The van der Waals surface area contributed by atoms with Gasteiger partial charge in [-0.2, -0.15) is 18.7 Å². The van der Waals surface area contributed by atoms with Gasteiger partial charge in [-0.05, 0) is 78.6 Å². The van der Waals surface area contributed by atoms with E-state index < -0.39 is 55.5 Å². The number of hydrogen-bond acceptors (Lipinski definition) is 6. The van der Waals surface area contributed by atoms with Gasteiger partial charge in [-0.1, -0.05) is 71.7 Å². The zero-order valence-electron chi connectivity index (χ0n) is 33.7. The van der Waals surface area contributed by atoms with Gasteiger partial charge in [0, 0.05) is 42.9 Å². The second-order valence-electron chi connectivity index (χ2n) is 18.6. The van der Waals surface area contributed by atoms with E-state index in [1.54, 1.807) is 24.3 Å². The first kappa shape index (κ1) is 38.7. The first-order valence-corrected chi connectivity index (χ1v) is 23.2. The summed E-state index contributed by atoms with van der Waals surface area (Å²) in [5.41, 5.74) is 2.97. The molecule has 4 aromatic rings. The molecule has 5 aliphatic rings. The maximum atomic E-state index is 17.6. The van der Waals surface area contributed by atoms with Crippen molar-refractivity contribution in [1.82, 2.24) is 19.9 Å². The zero-order valence-corrected chi connectivity index (χ0v) is 34.7. The number of alkyl halides is 3. The van der Waals surface area contributed by atoms with Crippen LogP contribution in [-0.4, -0.2) is 71.9 Å². The predicted molar refractivity (Wildman–Crippen MR) is 217 cm³/mol. The normalized spacial score (nSPS) is 26.7. The Morgan fingerprint density at radius 2 is 1.70 bits per heavy atom. The van der Waals surface area contributed by atoms with Gasteiger partial charge >= 0.3 is 6.01 Å². The molecule has 5 atom stereocenters. The van der Waals surface area contributed by atoms with Crippen molar-refractivity contribution in [3.05, 3.63) is 53.2 Å². The summed E-state index contributed by atoms with van der Waals surface area (Å²) < 4.78 is 88.8. The Kier molecular flexibility index (Phi) is 9.43. The maximum Gasteiger partial charge on any atom is 0.319 e. The van der Waals surface area contributed by atoms with Crippen LogP contribution in [-0.2, 0) is 5.92 Å². The number of ether oxygens (including phenoxy) is 1. The van der Waals surface area contributed by atoms with Crippen LogP contribution >= 0.6 is 0 Å². The number of pyridine rings is 1. The zero-order chi connectivity index (χ0) is 40.2. The van der Waals surface area contributed by atoms with Gasteiger partial charge in [0.15, 0.2) is 5.82 Å². The van der Waals surface area contributed by atoms with Crippen molar-refractivity contribution in [2.24, 2.45) is 11.8 Å². The third-order valence-corrected chi connectivity index (χ3v) is 20.9. The van der Waals surface area contributed by atoms with Crippen molar-refractivity contribution in [2.45, 2.75) is 127 Å². The molecular weight excluding hydrogens is 750 g/mol. The standard InChI is InChI=1S/C45H52F5N5OSi/c1-25(2)57(26(3)4,27(5)6)18-15-32-34(47)14-13-29-9-7-10-33(36(29)32)39-38(48)40-37-41(51-39)45(49,50)21-35-30-12-11-28(19-30)22-55(35)42(37)53-43(52-40)56-24-44-16-8-17-54(44)23-31(46)20-44/h7,9-10,13-14,25-28,30-31,35H,8,11-12,16-17,19-24H2,1-6H3/t28-,30+,31+,35+,44-/m0/s1. The number of piperidine rings is 1. The van der Waals surface area contributed by atoms with E-state index in [2.05, 4.69) is 67.9 Å². The van der Waals surface area contributed by atoms with Crippen LogP contribution in [0.3, 0.4) is 0 Å². The number of rotatable bonds is 7. The van der Waals surface area contributed by atoms with Crippen LogP contribution in [0.4, 0.5) is 27.8 Å². The lowest BCUT2D eigenvalue weighted by atomic mass is 9.87. The lowest BCUT2D eigenvalue weighted by Gasteiger charge is -2.41. The molecule has 12 heteroatoms. The molecule has 0 spiro atoms. The summed E-state index contributed by atoms with van der Waals surface area (Å²) in [7, 11) is -2.34. The third-order valence-electron chi connectivity index (χ3n) is 14.6. The minimum Gasteiger partial charge on any atom is -0.461 e. The maximum absolute atomic E-state index is 17.6. The van der Waals surface area contributed by atoms with E-state index in [4.69, 9.17) is 9.72 Å². The van der Waals surface area contributed by atoms with Gasteiger partial charge in [0.05, 0.1) is 16.5 Å². The quantitative estimate of drug-likeness (QED) is 0.105. The highest BCUT2D eigenvalue weighted by molar-refractivity contribution is 6.90. The molecule has 57 heavy (non-hydrogen) atoms. The Morgan fingerprint density at radius 1 is 0.930 bits per heavy atom.